The van der Waals surface area contributed by atoms with Gasteiger partial charge in [-0.2, -0.15) is 0 Å². The molecular weight excluding hydrogens is 352 g/mol. The second-order valence-corrected chi connectivity index (χ2v) is 7.70. The van der Waals surface area contributed by atoms with Gasteiger partial charge in [-0.3, -0.25) is 0 Å². The molecule has 0 saturated heterocycles. The lowest BCUT2D eigenvalue weighted by atomic mass is 9.78. The third-order valence-electron chi connectivity index (χ3n) is 6.16. The Kier molecular flexibility index (Phi) is 5.71. The summed E-state index contributed by atoms with van der Waals surface area (Å²) in [5.41, 5.74) is 3.82. The monoisotopic (exact) mass is 382 g/mol. The third-order valence-corrected chi connectivity index (χ3v) is 6.16. The lowest BCUT2D eigenvalue weighted by molar-refractivity contribution is 0.133. The summed E-state index contributed by atoms with van der Waals surface area (Å²) in [5, 5.41) is 0. The van der Waals surface area contributed by atoms with E-state index in [-0.39, 0.29) is 5.66 Å². The summed E-state index contributed by atoms with van der Waals surface area (Å²) in [6.07, 6.45) is 6.57. The highest BCUT2D eigenvalue weighted by molar-refractivity contribution is 5.56. The first kappa shape index (κ1) is 19.3. The molecule has 1 aliphatic rings. The Morgan fingerprint density at radius 3 is 1.90 bits per heavy atom. The predicted molar refractivity (Wildman–Crippen MR) is 123 cm³/mol. The molecule has 0 saturated carbocycles. The molecule has 0 N–H and O–H groups in total. The largest absolute Gasteiger partial charge is 0.353 e. The third kappa shape index (κ3) is 3.55. The maximum absolute atomic E-state index is 2.54. The molecule has 2 nitrogen and oxygen atoms in total. The number of benzene rings is 3. The van der Waals surface area contributed by atoms with Gasteiger partial charge in [0.2, 0.25) is 0 Å². The first-order valence-corrected chi connectivity index (χ1v) is 10.7. The van der Waals surface area contributed by atoms with E-state index >= 15 is 0 Å². The van der Waals surface area contributed by atoms with E-state index in [4.69, 9.17) is 0 Å². The maximum atomic E-state index is 2.54. The van der Waals surface area contributed by atoms with Gasteiger partial charge in [0.05, 0.1) is 0 Å². The van der Waals surface area contributed by atoms with Crippen LogP contribution in [0, 0.1) is 0 Å². The normalized spacial score (nSPS) is 19.5. The van der Waals surface area contributed by atoms with Crippen molar-refractivity contribution in [3.8, 4) is 0 Å². The van der Waals surface area contributed by atoms with Gasteiger partial charge in [-0.1, -0.05) is 85.8 Å². The van der Waals surface area contributed by atoms with Crippen LogP contribution in [0.2, 0.25) is 0 Å². The van der Waals surface area contributed by atoms with Gasteiger partial charge in [0, 0.05) is 37.0 Å². The fraction of sp³-hybridized carbons (Fsp3) is 0.259. The van der Waals surface area contributed by atoms with Crippen molar-refractivity contribution >= 4 is 5.69 Å². The van der Waals surface area contributed by atoms with Crippen LogP contribution in [-0.2, 0) is 6.42 Å². The van der Waals surface area contributed by atoms with E-state index < -0.39 is 0 Å². The molecule has 0 bridgehead atoms. The molecule has 3 aromatic carbocycles. The van der Waals surface area contributed by atoms with Crippen LogP contribution in [0.25, 0.3) is 0 Å². The van der Waals surface area contributed by atoms with Crippen LogP contribution in [0.5, 0.6) is 0 Å². The van der Waals surface area contributed by atoms with Gasteiger partial charge in [0.25, 0.3) is 0 Å². The smallest absolute Gasteiger partial charge is 0.127 e. The molecule has 0 aromatic heterocycles. The SMILES string of the molecule is CCC(c1ccccc1)C1(Cc2ccccc2)N(CC)C=CN1c1ccccc1. The Bertz CT molecular complexity index is 921. The van der Waals surface area contributed by atoms with Crippen LogP contribution >= 0.6 is 0 Å². The molecule has 0 fully saturated rings. The fourth-order valence-electron chi connectivity index (χ4n) is 4.91. The summed E-state index contributed by atoms with van der Waals surface area (Å²) in [5.74, 6) is 0.360. The van der Waals surface area contributed by atoms with E-state index in [1.54, 1.807) is 0 Å². The summed E-state index contributed by atoms with van der Waals surface area (Å²) in [6, 6.07) is 32.7. The average molecular weight is 383 g/mol. The highest BCUT2D eigenvalue weighted by Crippen LogP contribution is 2.46. The van der Waals surface area contributed by atoms with Crippen LogP contribution in [0.4, 0.5) is 5.69 Å². The second-order valence-electron chi connectivity index (χ2n) is 7.70. The molecule has 1 heterocycles. The molecule has 2 heteroatoms. The number of nitrogens with zero attached hydrogens (tertiary/aromatic N) is 2. The van der Waals surface area contributed by atoms with Gasteiger partial charge < -0.3 is 9.80 Å². The first-order chi connectivity index (χ1) is 14.3. The van der Waals surface area contributed by atoms with E-state index in [2.05, 4.69) is 127 Å². The van der Waals surface area contributed by atoms with Crippen molar-refractivity contribution in [2.75, 3.05) is 11.4 Å². The quantitative estimate of drug-likeness (QED) is 0.464. The van der Waals surface area contributed by atoms with Crippen LogP contribution < -0.4 is 4.90 Å². The number of anilines is 1. The van der Waals surface area contributed by atoms with Crippen molar-refractivity contribution in [2.45, 2.75) is 38.3 Å². The van der Waals surface area contributed by atoms with E-state index in [0.29, 0.717) is 5.92 Å². The van der Waals surface area contributed by atoms with Crippen molar-refractivity contribution in [3.63, 3.8) is 0 Å². The lowest BCUT2D eigenvalue weighted by Crippen LogP contribution is -2.59. The van der Waals surface area contributed by atoms with Gasteiger partial charge >= 0.3 is 0 Å². The summed E-state index contributed by atoms with van der Waals surface area (Å²) >= 11 is 0. The van der Waals surface area contributed by atoms with Crippen molar-refractivity contribution in [1.29, 1.82) is 0 Å². The predicted octanol–water partition coefficient (Wildman–Crippen LogP) is 6.43. The van der Waals surface area contributed by atoms with E-state index in [1.807, 2.05) is 0 Å². The van der Waals surface area contributed by atoms with Gasteiger partial charge in [0.1, 0.15) is 5.66 Å². The Balaban J connectivity index is 1.90. The van der Waals surface area contributed by atoms with Crippen LogP contribution in [0.1, 0.15) is 37.3 Å². The molecule has 4 rings (SSSR count). The van der Waals surface area contributed by atoms with Gasteiger partial charge in [0.15, 0.2) is 0 Å². The van der Waals surface area contributed by atoms with Crippen LogP contribution in [-0.4, -0.2) is 17.1 Å². The molecule has 0 aliphatic carbocycles. The van der Waals surface area contributed by atoms with Gasteiger partial charge in [-0.25, -0.2) is 0 Å². The summed E-state index contributed by atoms with van der Waals surface area (Å²) in [6.45, 7) is 5.55. The minimum atomic E-state index is -0.187. The zero-order valence-electron chi connectivity index (χ0n) is 17.4. The highest BCUT2D eigenvalue weighted by atomic mass is 15.4. The number of hydrogen-bond donors (Lipinski definition) is 0. The Morgan fingerprint density at radius 1 is 0.724 bits per heavy atom. The molecule has 3 aromatic rings. The summed E-state index contributed by atoms with van der Waals surface area (Å²) in [4.78, 5) is 5.04. The Hall–Kier alpha value is -3.00. The van der Waals surface area contributed by atoms with E-state index in [9.17, 15) is 0 Å². The molecule has 0 amide bonds. The van der Waals surface area contributed by atoms with E-state index in [0.717, 1.165) is 19.4 Å². The highest BCUT2D eigenvalue weighted by Gasteiger charge is 2.49. The molecule has 29 heavy (non-hydrogen) atoms. The van der Waals surface area contributed by atoms with Gasteiger partial charge in [-0.15, -0.1) is 0 Å². The summed E-state index contributed by atoms with van der Waals surface area (Å²) < 4.78 is 0. The molecule has 148 valence electrons. The Labute approximate surface area is 175 Å². The second kappa shape index (κ2) is 8.57. The topological polar surface area (TPSA) is 6.48 Å². The zero-order valence-corrected chi connectivity index (χ0v) is 17.4. The Morgan fingerprint density at radius 2 is 1.31 bits per heavy atom. The first-order valence-electron chi connectivity index (χ1n) is 10.7. The molecule has 2 atom stereocenters. The van der Waals surface area contributed by atoms with E-state index in [1.165, 1.54) is 16.8 Å². The molecule has 0 radical (unpaired) electrons. The molecule has 2 unspecified atom stereocenters. The number of rotatable bonds is 7. The number of para-hydroxylation sites is 1. The minimum absolute atomic E-state index is 0.187. The van der Waals surface area contributed by atoms with Crippen molar-refractivity contribution < 1.29 is 0 Å². The molecule has 1 aliphatic heterocycles. The maximum Gasteiger partial charge on any atom is 0.127 e. The van der Waals surface area contributed by atoms with Crippen LogP contribution in [0.15, 0.2) is 103 Å². The molecule has 0 spiro atoms. The van der Waals surface area contributed by atoms with Crippen molar-refractivity contribution in [3.05, 3.63) is 115 Å². The summed E-state index contributed by atoms with van der Waals surface area (Å²) in [7, 11) is 0. The minimum Gasteiger partial charge on any atom is -0.353 e. The van der Waals surface area contributed by atoms with Gasteiger partial charge in [-0.05, 0) is 36.6 Å². The van der Waals surface area contributed by atoms with Crippen molar-refractivity contribution in [1.82, 2.24) is 4.90 Å². The number of likely N-dealkylation sites (N-methyl/N-ethyl adjacent to an activating group) is 1. The van der Waals surface area contributed by atoms with Crippen molar-refractivity contribution in [2.24, 2.45) is 0 Å². The van der Waals surface area contributed by atoms with Crippen LogP contribution in [0.3, 0.4) is 0 Å². The lowest BCUT2D eigenvalue weighted by Gasteiger charge is -2.51. The zero-order chi connectivity index (χ0) is 20.1. The number of hydrogen-bond acceptors (Lipinski definition) is 2. The fourth-order valence-corrected chi connectivity index (χ4v) is 4.91. The molecular formula is C27H30N2. The standard InChI is InChI=1S/C27H30N2/c1-3-26(24-16-10-6-11-17-24)27(22-23-14-8-5-9-15-23)28(4-2)20-21-29(27)25-18-12-7-13-19-25/h5-21,26H,3-4,22H2,1-2H3. The average Bonchev–Trinajstić information content (AvgIpc) is 3.14.